The molecule has 0 saturated heterocycles. The summed E-state index contributed by atoms with van der Waals surface area (Å²) in [5, 5.41) is 30.1. The molecule has 5 nitrogen and oxygen atoms in total. The Morgan fingerprint density at radius 3 is 2.61 bits per heavy atom. The number of esters is 1. The average molecular weight is 393 g/mol. The van der Waals surface area contributed by atoms with Crippen molar-refractivity contribution in [3.63, 3.8) is 0 Å². The van der Waals surface area contributed by atoms with Crippen LogP contribution in [0.3, 0.4) is 0 Å². The maximum atomic E-state index is 11.1. The Morgan fingerprint density at radius 2 is 1.89 bits per heavy atom. The molecule has 0 heterocycles. The highest BCUT2D eigenvalue weighted by molar-refractivity contribution is 5.69. The quantitative estimate of drug-likeness (QED) is 0.332. The third-order valence-corrected chi connectivity index (χ3v) is 4.85. The normalized spacial score (nSPS) is 14.8. The van der Waals surface area contributed by atoms with Gasteiger partial charge in [0.2, 0.25) is 0 Å². The molecule has 0 spiro atoms. The number of hydrogen-bond donors (Lipinski definition) is 3. The van der Waals surface area contributed by atoms with Gasteiger partial charge >= 0.3 is 5.97 Å². The molecule has 3 atom stereocenters. The molecule has 3 N–H and O–H groups in total. The minimum atomic E-state index is -0.985. The zero-order valence-corrected chi connectivity index (χ0v) is 17.2. The van der Waals surface area contributed by atoms with Crippen LogP contribution in [0.25, 0.3) is 6.08 Å². The van der Waals surface area contributed by atoms with Crippen molar-refractivity contribution in [1.82, 2.24) is 0 Å². The van der Waals surface area contributed by atoms with Crippen molar-refractivity contribution in [2.24, 2.45) is 0 Å². The zero-order chi connectivity index (χ0) is 20.8. The van der Waals surface area contributed by atoms with Gasteiger partial charge in [-0.1, -0.05) is 62.6 Å². The molecule has 1 aromatic carbocycles. The summed E-state index contributed by atoms with van der Waals surface area (Å²) in [5.74, 6) is -0.315. The molecule has 28 heavy (non-hydrogen) atoms. The topological polar surface area (TPSA) is 87.0 Å². The lowest BCUT2D eigenvalue weighted by atomic mass is 10.0. The average Bonchev–Trinajstić information content (AvgIpc) is 2.70. The maximum absolute atomic E-state index is 11.1. The van der Waals surface area contributed by atoms with E-state index < -0.39 is 12.2 Å². The molecule has 1 rings (SSSR count). The molecular formula is C23H36O5. The van der Waals surface area contributed by atoms with Gasteiger partial charge in [0, 0.05) is 6.42 Å². The van der Waals surface area contributed by atoms with E-state index in [4.69, 9.17) is 0 Å². The Hall–Kier alpha value is -1.69. The van der Waals surface area contributed by atoms with E-state index in [1.54, 1.807) is 12.2 Å². The van der Waals surface area contributed by atoms with Gasteiger partial charge in [-0.25, -0.2) is 0 Å². The third kappa shape index (κ3) is 10.6. The summed E-state index contributed by atoms with van der Waals surface area (Å²) in [6, 6.07) is 7.96. The maximum Gasteiger partial charge on any atom is 0.305 e. The molecule has 0 bridgehead atoms. The third-order valence-electron chi connectivity index (χ3n) is 4.85. The number of carbonyl (C=O) groups excluding carboxylic acids is 1. The molecule has 0 fully saturated rings. The van der Waals surface area contributed by atoms with Crippen molar-refractivity contribution < 1.29 is 24.9 Å². The van der Waals surface area contributed by atoms with Crippen LogP contribution in [-0.2, 0) is 16.0 Å². The summed E-state index contributed by atoms with van der Waals surface area (Å²) in [4.78, 5) is 11.1. The van der Waals surface area contributed by atoms with E-state index in [1.165, 1.54) is 7.11 Å². The van der Waals surface area contributed by atoms with E-state index in [2.05, 4.69) is 11.7 Å². The van der Waals surface area contributed by atoms with Crippen LogP contribution in [0.2, 0.25) is 0 Å². The Balaban J connectivity index is 2.44. The summed E-state index contributed by atoms with van der Waals surface area (Å²) >= 11 is 0. The first-order valence-electron chi connectivity index (χ1n) is 10.3. The fourth-order valence-corrected chi connectivity index (χ4v) is 3.03. The summed E-state index contributed by atoms with van der Waals surface area (Å²) < 4.78 is 4.56. The van der Waals surface area contributed by atoms with Crippen molar-refractivity contribution >= 4 is 12.0 Å². The highest BCUT2D eigenvalue weighted by Crippen LogP contribution is 2.14. The lowest BCUT2D eigenvalue weighted by molar-refractivity contribution is -0.140. The van der Waals surface area contributed by atoms with E-state index in [9.17, 15) is 20.1 Å². The standard InChI is InChI=1S/C23H36O5/c1-3-4-5-10-20(24)15-13-18-8-6-9-19(17-18)14-16-22(26)21(25)11-7-12-23(27)28-2/h6,8-9,14,16-17,20-22,24-26H,3-5,7,10-13,15H2,1-2H3/b16-14+/t20-,21+,22-/m1/s1. The first-order chi connectivity index (χ1) is 13.5. The number of unbranched alkanes of at least 4 members (excludes halogenated alkanes) is 2. The molecule has 158 valence electrons. The molecule has 0 unspecified atom stereocenters. The molecule has 0 aliphatic rings. The fraction of sp³-hybridized carbons (Fsp3) is 0.609. The molecular weight excluding hydrogens is 356 g/mol. The number of aliphatic hydroxyl groups is 3. The SMILES string of the molecule is CCCCC[C@@H](O)CCc1cccc(/C=C/[C@@H](O)[C@@H](O)CCCC(=O)OC)c1. The number of carbonyl (C=O) groups is 1. The van der Waals surface area contributed by atoms with Crippen molar-refractivity contribution in [1.29, 1.82) is 0 Å². The number of benzene rings is 1. The largest absolute Gasteiger partial charge is 0.469 e. The molecule has 0 saturated carbocycles. The first kappa shape index (κ1) is 24.3. The second kappa shape index (κ2) is 14.3. The van der Waals surface area contributed by atoms with E-state index >= 15 is 0 Å². The van der Waals surface area contributed by atoms with Crippen LogP contribution in [0, 0.1) is 0 Å². The van der Waals surface area contributed by atoms with Crippen molar-refractivity contribution in [2.75, 3.05) is 7.11 Å². The molecule has 0 aromatic heterocycles. The monoisotopic (exact) mass is 392 g/mol. The molecule has 0 aliphatic carbocycles. The van der Waals surface area contributed by atoms with Gasteiger partial charge in [0.15, 0.2) is 0 Å². The van der Waals surface area contributed by atoms with Gasteiger partial charge in [-0.3, -0.25) is 4.79 Å². The molecule has 5 heteroatoms. The van der Waals surface area contributed by atoms with Crippen LogP contribution >= 0.6 is 0 Å². The molecule has 0 radical (unpaired) electrons. The van der Waals surface area contributed by atoms with Gasteiger partial charge in [-0.15, -0.1) is 0 Å². The summed E-state index contributed by atoms with van der Waals surface area (Å²) in [6.45, 7) is 2.16. The first-order valence-corrected chi connectivity index (χ1v) is 10.3. The number of methoxy groups -OCH3 is 1. The number of aryl methyl sites for hydroxylation is 1. The van der Waals surface area contributed by atoms with Crippen LogP contribution in [0.5, 0.6) is 0 Å². The Bertz CT molecular complexity index is 584. The Kier molecular flexibility index (Phi) is 12.5. The van der Waals surface area contributed by atoms with Crippen LogP contribution in [-0.4, -0.2) is 46.7 Å². The number of ether oxygens (including phenoxy) is 1. The molecule has 0 aliphatic heterocycles. The highest BCUT2D eigenvalue weighted by atomic mass is 16.5. The minimum absolute atomic E-state index is 0.232. The van der Waals surface area contributed by atoms with Crippen molar-refractivity contribution in [3.8, 4) is 0 Å². The number of aliphatic hydroxyl groups excluding tert-OH is 3. The second-order valence-corrected chi connectivity index (χ2v) is 7.32. The van der Waals surface area contributed by atoms with E-state index in [-0.39, 0.29) is 18.5 Å². The fourth-order valence-electron chi connectivity index (χ4n) is 3.03. The summed E-state index contributed by atoms with van der Waals surface area (Å²) in [5.41, 5.74) is 2.09. The Morgan fingerprint density at radius 1 is 1.11 bits per heavy atom. The summed E-state index contributed by atoms with van der Waals surface area (Å²) in [6.07, 6.45) is 8.04. The van der Waals surface area contributed by atoms with Crippen molar-refractivity contribution in [2.45, 2.75) is 83.0 Å². The minimum Gasteiger partial charge on any atom is -0.469 e. The van der Waals surface area contributed by atoms with Crippen LogP contribution < -0.4 is 0 Å². The van der Waals surface area contributed by atoms with Gasteiger partial charge in [-0.05, 0) is 43.2 Å². The lowest BCUT2D eigenvalue weighted by Crippen LogP contribution is -2.23. The van der Waals surface area contributed by atoms with E-state index in [0.717, 1.165) is 49.7 Å². The van der Waals surface area contributed by atoms with Gasteiger partial charge in [-0.2, -0.15) is 0 Å². The Labute approximate surface area is 169 Å². The van der Waals surface area contributed by atoms with Gasteiger partial charge in [0.25, 0.3) is 0 Å². The lowest BCUT2D eigenvalue weighted by Gasteiger charge is -2.14. The predicted molar refractivity (Wildman–Crippen MR) is 112 cm³/mol. The predicted octanol–water partition coefficient (Wildman–Crippen LogP) is 3.64. The van der Waals surface area contributed by atoms with Gasteiger partial charge in [0.1, 0.15) is 0 Å². The second-order valence-electron chi connectivity index (χ2n) is 7.32. The zero-order valence-electron chi connectivity index (χ0n) is 17.2. The number of hydrogen-bond acceptors (Lipinski definition) is 5. The smallest absolute Gasteiger partial charge is 0.305 e. The molecule has 1 aromatic rings. The van der Waals surface area contributed by atoms with Crippen molar-refractivity contribution in [3.05, 3.63) is 41.5 Å². The number of rotatable bonds is 14. The summed E-state index contributed by atoms with van der Waals surface area (Å²) in [7, 11) is 1.33. The van der Waals surface area contributed by atoms with E-state index in [0.29, 0.717) is 12.8 Å². The van der Waals surface area contributed by atoms with Crippen LogP contribution in [0.4, 0.5) is 0 Å². The van der Waals surface area contributed by atoms with Gasteiger partial charge < -0.3 is 20.1 Å². The molecule has 0 amide bonds. The van der Waals surface area contributed by atoms with Crippen LogP contribution in [0.1, 0.15) is 69.4 Å². The van der Waals surface area contributed by atoms with Gasteiger partial charge in [0.05, 0.1) is 25.4 Å². The van der Waals surface area contributed by atoms with E-state index in [1.807, 2.05) is 24.3 Å². The van der Waals surface area contributed by atoms with Crippen LogP contribution in [0.15, 0.2) is 30.3 Å². The highest BCUT2D eigenvalue weighted by Gasteiger charge is 2.14.